The number of hydrogen-bond donors (Lipinski definition) is 13. The summed E-state index contributed by atoms with van der Waals surface area (Å²) in [7, 11) is -2.43. The molecule has 1 unspecified atom stereocenters. The molecule has 4 aliphatic rings. The van der Waals surface area contributed by atoms with Gasteiger partial charge in [0.1, 0.15) is 47.0 Å². The van der Waals surface area contributed by atoms with Gasteiger partial charge >= 0.3 is 6.09 Å². The molecule has 6 rings (SSSR count). The molecule has 2 saturated heterocycles. The second-order valence-electron chi connectivity index (χ2n) is 20.3. The molecular weight excluding hydrogens is 1090 g/mol. The Morgan fingerprint density at radius 3 is 2.19 bits per heavy atom. The first-order valence-corrected chi connectivity index (χ1v) is 27.9. The molecule has 444 valence electrons. The zero-order valence-electron chi connectivity index (χ0n) is 44.9. The number of primary amides is 1. The lowest BCUT2D eigenvalue weighted by Gasteiger charge is -2.32. The van der Waals surface area contributed by atoms with Crippen molar-refractivity contribution in [2.24, 2.45) is 17.6 Å². The zero-order chi connectivity index (χ0) is 59.2. The van der Waals surface area contributed by atoms with Crippen LogP contribution in [0.1, 0.15) is 84.1 Å². The van der Waals surface area contributed by atoms with Crippen molar-refractivity contribution in [1.82, 2.24) is 57.5 Å². The lowest BCUT2D eigenvalue weighted by atomic mass is 9.93. The van der Waals surface area contributed by atoms with Gasteiger partial charge in [-0.3, -0.25) is 56.9 Å². The van der Waals surface area contributed by atoms with Gasteiger partial charge in [-0.2, -0.15) is 0 Å². The van der Waals surface area contributed by atoms with Crippen LogP contribution in [0.5, 0.6) is 5.75 Å². The number of rotatable bonds is 16. The molecule has 2 fully saturated rings. The van der Waals surface area contributed by atoms with Crippen LogP contribution in [0.25, 0.3) is 10.9 Å². The summed E-state index contributed by atoms with van der Waals surface area (Å²) in [6, 6.07) is -5.47. The molecule has 2 aromatic rings. The molecule has 2 bridgehead atoms. The number of nitrogens with two attached hydrogens (primary N) is 1. The first-order valence-electron chi connectivity index (χ1n) is 26.6. The Kier molecular flexibility index (Phi) is 22.0. The molecule has 11 atom stereocenters. The maximum absolute atomic E-state index is 15.0. The number of amides is 12. The number of nitrogens with one attached hydrogen (secondary N) is 9. The summed E-state index contributed by atoms with van der Waals surface area (Å²) in [5.74, 6) is -12.9. The predicted molar refractivity (Wildman–Crippen MR) is 280 cm³/mol. The van der Waals surface area contributed by atoms with E-state index in [1.165, 1.54) is 6.92 Å². The van der Waals surface area contributed by atoms with E-state index >= 15 is 0 Å². The quantitative estimate of drug-likeness (QED) is 0.0553. The Morgan fingerprint density at radius 1 is 0.827 bits per heavy atom. The highest BCUT2D eigenvalue weighted by Gasteiger charge is 2.45. The number of hydrogen-bond acceptors (Lipinski definition) is 18. The zero-order valence-corrected chi connectivity index (χ0v) is 45.7. The number of ether oxygens (including phenoxy) is 1. The molecule has 1 aromatic carbocycles. The summed E-state index contributed by atoms with van der Waals surface area (Å²) in [4.78, 5) is 170. The van der Waals surface area contributed by atoms with Crippen molar-refractivity contribution in [2.75, 3.05) is 45.1 Å². The minimum Gasteiger partial charge on any atom is -0.494 e. The summed E-state index contributed by atoms with van der Waals surface area (Å²) in [5.41, 5.74) is 5.89. The fourth-order valence-corrected chi connectivity index (χ4v) is 10.9. The van der Waals surface area contributed by atoms with Gasteiger partial charge in [-0.25, -0.2) is 4.79 Å². The largest absolute Gasteiger partial charge is 0.494 e. The average molecular weight is 1160 g/mol. The Morgan fingerprint density at radius 2 is 1.51 bits per heavy atom. The maximum atomic E-state index is 15.0. The van der Waals surface area contributed by atoms with Gasteiger partial charge in [0.25, 0.3) is 11.8 Å². The second kappa shape index (κ2) is 28.6. The monoisotopic (exact) mass is 1160 g/mol. The molecule has 31 heteroatoms. The standard InChI is InChI=1S/C50H70N12O18S/c1-4-24(2)41-46(74)54-19-37(67)55-33-23-81(78)48-29(28-10-9-27(16-30(28)58-48)79-14-8-6-5-7-13-52-50(77)80-62-39(69)11-12-40(62)70)17-31(43(71)53-20-38(68)59-41)56-47(75)42(25(3)35(65)22-63)60-45(73)34-15-26(64)21-61(34)49(76)32(18-36(51)66)57-44(33)72/h9-10,16,24-26,31-35,41-42,58,63-65H,4-8,11-15,17-23H2,1-3H3,(H2,51,66)(H,52,77)(H,53,71)(H,54,74)(H,55,67)(H,56,75)(H,57,72)(H,59,68)(H,60,73)/t24-,25-,26+,31+,32-,33-,34-,35-,41-,42-,81?/m0/s1. The first-order chi connectivity index (χ1) is 38.5. The van der Waals surface area contributed by atoms with Crippen molar-refractivity contribution in [1.29, 1.82) is 0 Å². The number of imide groups is 1. The van der Waals surface area contributed by atoms with Crippen molar-refractivity contribution in [3.63, 3.8) is 0 Å². The van der Waals surface area contributed by atoms with Crippen LogP contribution in [0, 0.1) is 11.8 Å². The highest BCUT2D eigenvalue weighted by molar-refractivity contribution is 7.85. The Labute approximate surface area is 466 Å². The highest BCUT2D eigenvalue weighted by Crippen LogP contribution is 2.31. The Balaban J connectivity index is 1.38. The van der Waals surface area contributed by atoms with Crippen LogP contribution < -0.4 is 53.0 Å². The van der Waals surface area contributed by atoms with E-state index in [1.54, 1.807) is 32.0 Å². The first kappa shape index (κ1) is 62.4. The van der Waals surface area contributed by atoms with Crippen LogP contribution in [0.3, 0.4) is 0 Å². The average Bonchev–Trinajstić information content (AvgIpc) is 4.05. The summed E-state index contributed by atoms with van der Waals surface area (Å²) in [5, 5.41) is 52.0. The molecule has 5 heterocycles. The number of aromatic amines is 1. The van der Waals surface area contributed by atoms with Crippen LogP contribution in [-0.4, -0.2) is 199 Å². The van der Waals surface area contributed by atoms with Crippen molar-refractivity contribution in [2.45, 2.75) is 138 Å². The SMILES string of the molecule is CC[C@H](C)[C@@H]1NC(=O)CNC(=O)[C@H]2Cc3c([nH]c4cc(OCCCCCCNC(=O)ON5C(=O)CCC5=O)ccc34)S(=O)C[C@H](NC(=O)CNC1=O)C(=O)N[C@@H](CC(N)=O)C(=O)N1C[C@H](O)C[C@H]1C(=O)N[C@@H]([C@@H](C)[C@@H](O)CO)C(=O)N2. The molecule has 12 amide bonds. The summed E-state index contributed by atoms with van der Waals surface area (Å²) >= 11 is 0. The smallest absolute Gasteiger partial charge is 0.432 e. The lowest BCUT2D eigenvalue weighted by Crippen LogP contribution is -2.62. The molecule has 0 saturated carbocycles. The van der Waals surface area contributed by atoms with Crippen molar-refractivity contribution >= 4 is 92.8 Å². The normalized spacial score (nSPS) is 25.9. The second-order valence-corrected chi connectivity index (χ2v) is 21.7. The van der Waals surface area contributed by atoms with Crippen molar-refractivity contribution < 1.29 is 86.6 Å². The van der Waals surface area contributed by atoms with E-state index in [2.05, 4.69) is 47.5 Å². The summed E-state index contributed by atoms with van der Waals surface area (Å²) < 4.78 is 21.0. The van der Waals surface area contributed by atoms with Gasteiger partial charge in [0.05, 0.1) is 67.0 Å². The van der Waals surface area contributed by atoms with Gasteiger partial charge in [-0.1, -0.05) is 40.0 Å². The third-order valence-corrected chi connectivity index (χ3v) is 15.7. The Hall–Kier alpha value is -7.77. The van der Waals surface area contributed by atoms with Crippen molar-refractivity contribution in [3.8, 4) is 5.75 Å². The third-order valence-electron chi connectivity index (χ3n) is 14.3. The number of carbonyl (C=O) groups is 12. The van der Waals surface area contributed by atoms with E-state index < -0.39 is 193 Å². The minimum atomic E-state index is -2.43. The molecular formula is C50H70N12O18S. The molecule has 14 N–H and O–H groups in total. The number of carbonyl (C=O) groups excluding carboxylic acids is 12. The van der Waals surface area contributed by atoms with Gasteiger partial charge < -0.3 is 83.0 Å². The molecule has 0 aliphatic carbocycles. The fraction of sp³-hybridized carbons (Fsp3) is 0.600. The summed E-state index contributed by atoms with van der Waals surface area (Å²) in [6.45, 7) is 2.05. The number of H-pyrrole nitrogens is 1. The number of aliphatic hydroxyl groups excluding tert-OH is 3. The molecule has 1 aromatic heterocycles. The highest BCUT2D eigenvalue weighted by atomic mass is 32.2. The minimum absolute atomic E-state index is 0.0399. The van der Waals surface area contributed by atoms with Gasteiger partial charge in [0, 0.05) is 56.1 Å². The van der Waals surface area contributed by atoms with Gasteiger partial charge in [0.15, 0.2) is 0 Å². The van der Waals surface area contributed by atoms with Gasteiger partial charge in [-0.05, 0) is 36.5 Å². The number of nitrogens with zero attached hydrogens (tertiary/aromatic N) is 2. The van der Waals surface area contributed by atoms with Crippen LogP contribution in [-0.2, 0) is 74.8 Å². The predicted octanol–water partition coefficient (Wildman–Crippen LogP) is -4.90. The molecule has 0 spiro atoms. The van der Waals surface area contributed by atoms with E-state index in [0.29, 0.717) is 48.3 Å². The number of aromatic nitrogens is 1. The van der Waals surface area contributed by atoms with E-state index in [-0.39, 0.29) is 42.1 Å². The number of benzene rings is 1. The van der Waals surface area contributed by atoms with Crippen LogP contribution >= 0.6 is 0 Å². The van der Waals surface area contributed by atoms with E-state index in [0.717, 1.165) is 4.90 Å². The van der Waals surface area contributed by atoms with E-state index in [9.17, 15) is 77.1 Å². The van der Waals surface area contributed by atoms with Gasteiger partial charge in [-0.15, -0.1) is 5.06 Å². The van der Waals surface area contributed by atoms with Crippen LogP contribution in [0.2, 0.25) is 0 Å². The number of hydroxylamine groups is 2. The van der Waals surface area contributed by atoms with E-state index in [1.807, 2.05) is 0 Å². The van der Waals surface area contributed by atoms with Gasteiger partial charge in [0.2, 0.25) is 53.2 Å². The molecule has 81 heavy (non-hydrogen) atoms. The fourth-order valence-electron chi connectivity index (χ4n) is 9.52. The van der Waals surface area contributed by atoms with Crippen LogP contribution in [0.4, 0.5) is 4.79 Å². The topological polar surface area (TPSA) is 446 Å². The third kappa shape index (κ3) is 16.4. The number of unbranched alkanes of at least 4 members (excludes halogenated alkanes) is 3. The number of aliphatic hydroxyl groups is 3. The number of fused-ring (bicyclic) bond motifs is 5. The maximum Gasteiger partial charge on any atom is 0.432 e. The summed E-state index contributed by atoms with van der Waals surface area (Å²) in [6.07, 6.45) is -3.23. The van der Waals surface area contributed by atoms with Crippen molar-refractivity contribution in [3.05, 3.63) is 23.8 Å². The molecule has 0 radical (unpaired) electrons. The molecule has 4 aliphatic heterocycles. The van der Waals surface area contributed by atoms with Crippen LogP contribution in [0.15, 0.2) is 23.2 Å². The lowest BCUT2D eigenvalue weighted by molar-refractivity contribution is -0.171. The Bertz CT molecular complexity index is 2760. The molecule has 30 nitrogen and oxygen atoms in total. The van der Waals surface area contributed by atoms with E-state index in [4.69, 9.17) is 15.3 Å².